The molecule has 0 aromatic carbocycles. The number of aromatic nitrogens is 1. The van der Waals surface area contributed by atoms with Gasteiger partial charge < -0.3 is 0 Å². The van der Waals surface area contributed by atoms with Crippen LogP contribution in [0.5, 0.6) is 0 Å². The molecule has 0 fully saturated rings. The van der Waals surface area contributed by atoms with Gasteiger partial charge in [0.05, 0.1) is 6.26 Å². The quantitative estimate of drug-likeness (QED) is 0.756. The van der Waals surface area contributed by atoms with Gasteiger partial charge in [-0.3, -0.25) is 4.79 Å². The van der Waals surface area contributed by atoms with Gasteiger partial charge in [-0.2, -0.15) is 0 Å². The molecule has 76 valence electrons. The minimum atomic E-state index is -3.52. The Kier molecular flexibility index (Phi) is 2.85. The molecule has 1 N–H and O–H groups in total. The molecule has 0 bridgehead atoms. The first-order chi connectivity index (χ1) is 6.38. The summed E-state index contributed by atoms with van der Waals surface area (Å²) in [5.41, 5.74) is 0.751. The molecule has 5 nitrogen and oxygen atoms in total. The minimum absolute atomic E-state index is 0.0930. The summed E-state index contributed by atoms with van der Waals surface area (Å²) in [7, 11) is -3.52. The van der Waals surface area contributed by atoms with Crippen molar-refractivity contribution in [3.63, 3.8) is 0 Å². The van der Waals surface area contributed by atoms with Gasteiger partial charge in [0.1, 0.15) is 5.69 Å². The van der Waals surface area contributed by atoms with Crippen LogP contribution in [0, 0.1) is 6.92 Å². The summed E-state index contributed by atoms with van der Waals surface area (Å²) in [6.45, 7) is 1.72. The number of carbonyl (C=O) groups is 1. The number of hydrogen-bond donors (Lipinski definition) is 1. The van der Waals surface area contributed by atoms with E-state index < -0.39 is 15.9 Å². The van der Waals surface area contributed by atoms with E-state index in [1.54, 1.807) is 19.1 Å². The average molecular weight is 214 g/mol. The summed E-state index contributed by atoms with van der Waals surface area (Å²) in [5.74, 6) is -0.712. The fourth-order valence-electron chi connectivity index (χ4n) is 0.890. The van der Waals surface area contributed by atoms with Crippen molar-refractivity contribution < 1.29 is 13.2 Å². The lowest BCUT2D eigenvalue weighted by atomic mass is 10.3. The first kappa shape index (κ1) is 10.6. The highest BCUT2D eigenvalue weighted by molar-refractivity contribution is 7.89. The fraction of sp³-hybridized carbons (Fsp3) is 0.250. The van der Waals surface area contributed by atoms with Gasteiger partial charge in [0.25, 0.3) is 5.91 Å². The highest BCUT2D eigenvalue weighted by atomic mass is 32.2. The molecule has 0 aliphatic heterocycles. The first-order valence-electron chi connectivity index (χ1n) is 3.84. The normalized spacial score (nSPS) is 11.0. The van der Waals surface area contributed by atoms with Gasteiger partial charge in [-0.15, -0.1) is 0 Å². The molecule has 0 aliphatic rings. The van der Waals surface area contributed by atoms with Crippen LogP contribution in [0.4, 0.5) is 0 Å². The van der Waals surface area contributed by atoms with Gasteiger partial charge in [0.15, 0.2) is 0 Å². The van der Waals surface area contributed by atoms with Crippen molar-refractivity contribution in [2.45, 2.75) is 6.92 Å². The van der Waals surface area contributed by atoms with Crippen molar-refractivity contribution in [3.8, 4) is 0 Å². The zero-order chi connectivity index (χ0) is 10.8. The van der Waals surface area contributed by atoms with Crippen molar-refractivity contribution in [2.75, 3.05) is 6.26 Å². The predicted molar refractivity (Wildman–Crippen MR) is 51.3 cm³/mol. The highest BCUT2D eigenvalue weighted by Crippen LogP contribution is 1.98. The summed E-state index contributed by atoms with van der Waals surface area (Å²) in [6.07, 6.45) is 0.917. The molecule has 1 heterocycles. The van der Waals surface area contributed by atoms with E-state index in [1.165, 1.54) is 6.07 Å². The molecule has 0 aliphatic carbocycles. The standard InChI is InChI=1S/C8H10N2O3S/c1-6-4-3-5-7(9-6)8(11)10-14(2,12)13/h3-5H,1-2H3,(H,10,11). The van der Waals surface area contributed by atoms with Gasteiger partial charge in [-0.1, -0.05) is 6.07 Å². The third kappa shape index (κ3) is 3.14. The lowest BCUT2D eigenvalue weighted by Crippen LogP contribution is -2.30. The van der Waals surface area contributed by atoms with E-state index in [0.717, 1.165) is 6.26 Å². The molecule has 0 saturated heterocycles. The van der Waals surface area contributed by atoms with Crippen LogP contribution in [0.25, 0.3) is 0 Å². The van der Waals surface area contributed by atoms with E-state index in [0.29, 0.717) is 5.69 Å². The van der Waals surface area contributed by atoms with Gasteiger partial charge in [0, 0.05) is 5.69 Å². The Labute approximate surface area is 82.2 Å². The largest absolute Gasteiger partial charge is 0.283 e. The van der Waals surface area contributed by atoms with E-state index in [1.807, 2.05) is 4.72 Å². The van der Waals surface area contributed by atoms with Crippen LogP contribution in [0.3, 0.4) is 0 Å². The molecule has 0 saturated carbocycles. The zero-order valence-electron chi connectivity index (χ0n) is 7.81. The predicted octanol–water partition coefficient (Wildman–Crippen LogP) is 0.0794. The van der Waals surface area contributed by atoms with E-state index in [2.05, 4.69) is 4.98 Å². The van der Waals surface area contributed by atoms with Crippen LogP contribution in [-0.4, -0.2) is 25.6 Å². The Balaban J connectivity index is 2.91. The van der Waals surface area contributed by atoms with Gasteiger partial charge in [-0.05, 0) is 19.1 Å². The second-order valence-corrected chi connectivity index (χ2v) is 4.62. The molecule has 1 aromatic rings. The molecule has 1 rings (SSSR count). The van der Waals surface area contributed by atoms with Crippen molar-refractivity contribution >= 4 is 15.9 Å². The van der Waals surface area contributed by atoms with Crippen LogP contribution >= 0.6 is 0 Å². The monoisotopic (exact) mass is 214 g/mol. The number of sulfonamides is 1. The summed E-state index contributed by atoms with van der Waals surface area (Å²) in [4.78, 5) is 15.1. The summed E-state index contributed by atoms with van der Waals surface area (Å²) in [5, 5.41) is 0. The Hall–Kier alpha value is -1.43. The number of amides is 1. The topological polar surface area (TPSA) is 76.1 Å². The van der Waals surface area contributed by atoms with Crippen molar-refractivity contribution in [1.29, 1.82) is 0 Å². The van der Waals surface area contributed by atoms with E-state index in [4.69, 9.17) is 0 Å². The lowest BCUT2D eigenvalue weighted by Gasteiger charge is -2.01. The molecular weight excluding hydrogens is 204 g/mol. The first-order valence-corrected chi connectivity index (χ1v) is 5.73. The van der Waals surface area contributed by atoms with E-state index in [9.17, 15) is 13.2 Å². The molecule has 1 aromatic heterocycles. The third-order valence-electron chi connectivity index (χ3n) is 1.40. The summed E-state index contributed by atoms with van der Waals surface area (Å²) >= 11 is 0. The smallest absolute Gasteiger partial charge is 0.266 e. The molecule has 0 unspecified atom stereocenters. The van der Waals surface area contributed by atoms with Crippen LogP contribution in [0.1, 0.15) is 16.2 Å². The van der Waals surface area contributed by atoms with Crippen LogP contribution < -0.4 is 4.72 Å². The summed E-state index contributed by atoms with van der Waals surface area (Å²) < 4.78 is 23.3. The van der Waals surface area contributed by atoms with Gasteiger partial charge in [-0.25, -0.2) is 18.1 Å². The van der Waals surface area contributed by atoms with Crippen molar-refractivity contribution in [2.24, 2.45) is 0 Å². The maximum Gasteiger partial charge on any atom is 0.283 e. The van der Waals surface area contributed by atoms with E-state index in [-0.39, 0.29) is 5.69 Å². The molecule has 0 atom stereocenters. The highest BCUT2D eigenvalue weighted by Gasteiger charge is 2.11. The Morgan fingerprint density at radius 2 is 2.07 bits per heavy atom. The molecular formula is C8H10N2O3S. The molecule has 0 radical (unpaired) electrons. The molecule has 1 amide bonds. The van der Waals surface area contributed by atoms with Gasteiger partial charge >= 0.3 is 0 Å². The number of aryl methyl sites for hydroxylation is 1. The molecule has 0 spiro atoms. The lowest BCUT2D eigenvalue weighted by molar-refractivity contribution is 0.0976. The van der Waals surface area contributed by atoms with Crippen LogP contribution in [0.15, 0.2) is 18.2 Å². The number of nitrogens with one attached hydrogen (secondary N) is 1. The SMILES string of the molecule is Cc1cccc(C(=O)NS(C)(=O)=O)n1. The zero-order valence-corrected chi connectivity index (χ0v) is 8.63. The maximum atomic E-state index is 11.3. The average Bonchev–Trinajstić information content (AvgIpc) is 2.01. The van der Waals surface area contributed by atoms with Crippen LogP contribution in [-0.2, 0) is 10.0 Å². The number of carbonyl (C=O) groups excluding carboxylic acids is 1. The minimum Gasteiger partial charge on any atom is -0.266 e. The third-order valence-corrected chi connectivity index (χ3v) is 1.96. The second kappa shape index (κ2) is 3.75. The summed E-state index contributed by atoms with van der Waals surface area (Å²) in [6, 6.07) is 4.81. The molecule has 14 heavy (non-hydrogen) atoms. The Bertz CT molecular complexity index is 453. The Morgan fingerprint density at radius 1 is 1.43 bits per heavy atom. The van der Waals surface area contributed by atoms with Crippen LogP contribution in [0.2, 0.25) is 0 Å². The number of pyridine rings is 1. The second-order valence-electron chi connectivity index (χ2n) is 2.87. The van der Waals surface area contributed by atoms with Crippen molar-refractivity contribution in [1.82, 2.24) is 9.71 Å². The fourth-order valence-corrected chi connectivity index (χ4v) is 1.33. The maximum absolute atomic E-state index is 11.3. The Morgan fingerprint density at radius 3 is 2.57 bits per heavy atom. The molecule has 6 heteroatoms. The van der Waals surface area contributed by atoms with Gasteiger partial charge in [0.2, 0.25) is 10.0 Å². The number of rotatable bonds is 2. The number of nitrogens with zero attached hydrogens (tertiary/aromatic N) is 1. The van der Waals surface area contributed by atoms with Crippen molar-refractivity contribution in [3.05, 3.63) is 29.6 Å². The number of hydrogen-bond acceptors (Lipinski definition) is 4. The van der Waals surface area contributed by atoms with E-state index >= 15 is 0 Å².